The van der Waals surface area contributed by atoms with Crippen molar-refractivity contribution in [3.8, 4) is 0 Å². The van der Waals surface area contributed by atoms with E-state index in [4.69, 9.17) is 15.2 Å². The van der Waals surface area contributed by atoms with E-state index >= 15 is 0 Å². The number of hydrogen-bond donors (Lipinski definition) is 1. The van der Waals surface area contributed by atoms with E-state index in [0.717, 1.165) is 18.4 Å². The Kier molecular flexibility index (Phi) is 7.06. The second-order valence-electron chi connectivity index (χ2n) is 6.09. The third kappa shape index (κ3) is 5.53. The molecule has 2 unspecified atom stereocenters. The van der Waals surface area contributed by atoms with Crippen molar-refractivity contribution in [2.75, 3.05) is 19.7 Å². The summed E-state index contributed by atoms with van der Waals surface area (Å²) >= 11 is 0. The molecular weight excluding hydrogens is 308 g/mol. The Hall–Kier alpha value is -2.08. The molecule has 132 valence electrons. The summed E-state index contributed by atoms with van der Waals surface area (Å²) in [4.78, 5) is 25.6. The molecular formula is C18H26N2O4. The average molecular weight is 334 g/mol. The number of likely N-dealkylation sites (tertiary alicyclic amines) is 1. The van der Waals surface area contributed by atoms with Crippen LogP contribution in [-0.4, -0.2) is 42.7 Å². The van der Waals surface area contributed by atoms with E-state index in [1.54, 1.807) is 11.8 Å². The molecule has 0 aromatic heterocycles. The number of esters is 1. The van der Waals surface area contributed by atoms with Crippen LogP contribution in [0.4, 0.5) is 4.79 Å². The van der Waals surface area contributed by atoms with Crippen LogP contribution in [0.5, 0.6) is 0 Å². The SMILES string of the molecule is CCOC(=O)C(N)CC1CCCN(C(=O)OCc2ccccc2)C1. The van der Waals surface area contributed by atoms with E-state index in [9.17, 15) is 9.59 Å². The second-order valence-corrected chi connectivity index (χ2v) is 6.09. The van der Waals surface area contributed by atoms with Gasteiger partial charge in [0.05, 0.1) is 6.61 Å². The van der Waals surface area contributed by atoms with E-state index in [1.165, 1.54) is 0 Å². The highest BCUT2D eigenvalue weighted by Gasteiger charge is 2.28. The van der Waals surface area contributed by atoms with Gasteiger partial charge in [-0.05, 0) is 37.7 Å². The van der Waals surface area contributed by atoms with Gasteiger partial charge in [-0.2, -0.15) is 0 Å². The smallest absolute Gasteiger partial charge is 0.410 e. The van der Waals surface area contributed by atoms with Crippen LogP contribution in [0, 0.1) is 5.92 Å². The van der Waals surface area contributed by atoms with Crippen molar-refractivity contribution in [3.05, 3.63) is 35.9 Å². The Morgan fingerprint density at radius 1 is 1.29 bits per heavy atom. The van der Waals surface area contributed by atoms with Gasteiger partial charge in [-0.25, -0.2) is 4.79 Å². The highest BCUT2D eigenvalue weighted by Crippen LogP contribution is 2.21. The quantitative estimate of drug-likeness (QED) is 0.807. The first-order valence-electron chi connectivity index (χ1n) is 8.48. The summed E-state index contributed by atoms with van der Waals surface area (Å²) < 4.78 is 10.3. The summed E-state index contributed by atoms with van der Waals surface area (Å²) in [6.07, 6.45) is 2.06. The molecule has 1 amide bonds. The maximum Gasteiger partial charge on any atom is 0.410 e. The molecule has 6 nitrogen and oxygen atoms in total. The molecule has 1 aliphatic heterocycles. The zero-order valence-electron chi connectivity index (χ0n) is 14.1. The van der Waals surface area contributed by atoms with Crippen molar-refractivity contribution in [2.45, 2.75) is 38.8 Å². The summed E-state index contributed by atoms with van der Waals surface area (Å²) in [6.45, 7) is 3.60. The normalized spacial score (nSPS) is 18.8. The van der Waals surface area contributed by atoms with E-state index in [-0.39, 0.29) is 24.6 Å². The van der Waals surface area contributed by atoms with Crippen LogP contribution in [0.15, 0.2) is 30.3 Å². The minimum absolute atomic E-state index is 0.197. The van der Waals surface area contributed by atoms with E-state index in [2.05, 4.69) is 0 Å². The van der Waals surface area contributed by atoms with Crippen molar-refractivity contribution in [1.82, 2.24) is 4.90 Å². The van der Waals surface area contributed by atoms with E-state index < -0.39 is 6.04 Å². The van der Waals surface area contributed by atoms with Gasteiger partial charge in [-0.1, -0.05) is 30.3 Å². The highest BCUT2D eigenvalue weighted by molar-refractivity contribution is 5.75. The minimum Gasteiger partial charge on any atom is -0.465 e. The van der Waals surface area contributed by atoms with Crippen molar-refractivity contribution in [3.63, 3.8) is 0 Å². The van der Waals surface area contributed by atoms with Gasteiger partial charge in [0.15, 0.2) is 0 Å². The number of amides is 1. The number of hydrogen-bond acceptors (Lipinski definition) is 5. The molecule has 0 bridgehead atoms. The molecule has 0 aliphatic carbocycles. The number of nitrogens with zero attached hydrogens (tertiary/aromatic N) is 1. The van der Waals surface area contributed by atoms with Gasteiger partial charge in [-0.15, -0.1) is 0 Å². The number of carbonyl (C=O) groups excluding carboxylic acids is 2. The van der Waals surface area contributed by atoms with Gasteiger partial charge in [0.25, 0.3) is 0 Å². The zero-order valence-corrected chi connectivity index (χ0v) is 14.1. The van der Waals surface area contributed by atoms with Gasteiger partial charge >= 0.3 is 12.1 Å². The Bertz CT molecular complexity index is 535. The number of piperidine rings is 1. The lowest BCUT2D eigenvalue weighted by Gasteiger charge is -2.32. The molecule has 6 heteroatoms. The molecule has 1 aromatic rings. The lowest BCUT2D eigenvalue weighted by molar-refractivity contribution is -0.145. The summed E-state index contributed by atoms with van der Waals surface area (Å²) in [5.41, 5.74) is 6.84. The molecule has 1 aromatic carbocycles. The third-order valence-electron chi connectivity index (χ3n) is 4.16. The molecule has 0 spiro atoms. The second kappa shape index (κ2) is 9.27. The van der Waals surface area contributed by atoms with Crippen LogP contribution in [0.2, 0.25) is 0 Å². The van der Waals surface area contributed by atoms with Crippen molar-refractivity contribution in [2.24, 2.45) is 11.7 Å². The molecule has 1 heterocycles. The summed E-state index contributed by atoms with van der Waals surface area (Å²) in [5, 5.41) is 0. The number of ether oxygens (including phenoxy) is 2. The standard InChI is InChI=1S/C18H26N2O4/c1-2-23-17(21)16(19)11-15-9-6-10-20(12-15)18(22)24-13-14-7-4-3-5-8-14/h3-5,7-8,15-16H,2,6,9-13,19H2,1H3. The lowest BCUT2D eigenvalue weighted by Crippen LogP contribution is -2.43. The average Bonchev–Trinajstić information content (AvgIpc) is 2.61. The van der Waals surface area contributed by atoms with Gasteiger partial charge in [0.1, 0.15) is 12.6 Å². The monoisotopic (exact) mass is 334 g/mol. The highest BCUT2D eigenvalue weighted by atomic mass is 16.6. The molecule has 1 fully saturated rings. The van der Waals surface area contributed by atoms with Gasteiger partial charge in [0, 0.05) is 13.1 Å². The molecule has 2 rings (SSSR count). The topological polar surface area (TPSA) is 81.9 Å². The van der Waals surface area contributed by atoms with E-state index in [1.807, 2.05) is 30.3 Å². The predicted molar refractivity (Wildman–Crippen MR) is 90.1 cm³/mol. The van der Waals surface area contributed by atoms with Crippen LogP contribution in [-0.2, 0) is 20.9 Å². The van der Waals surface area contributed by atoms with Crippen molar-refractivity contribution < 1.29 is 19.1 Å². The first-order chi connectivity index (χ1) is 11.6. The summed E-state index contributed by atoms with van der Waals surface area (Å²) in [6, 6.07) is 8.96. The Morgan fingerprint density at radius 2 is 2.04 bits per heavy atom. The number of rotatable bonds is 6. The summed E-state index contributed by atoms with van der Waals surface area (Å²) in [5.74, 6) is -0.177. The fourth-order valence-electron chi connectivity index (χ4n) is 2.94. The lowest BCUT2D eigenvalue weighted by atomic mass is 9.92. The number of carbonyl (C=O) groups is 2. The van der Waals surface area contributed by atoms with Gasteiger partial charge in [-0.3, -0.25) is 4.79 Å². The van der Waals surface area contributed by atoms with Crippen molar-refractivity contribution in [1.29, 1.82) is 0 Å². The maximum absolute atomic E-state index is 12.2. The molecule has 0 saturated carbocycles. The molecule has 1 aliphatic rings. The fourth-order valence-corrected chi connectivity index (χ4v) is 2.94. The predicted octanol–water partition coefficient (Wildman–Crippen LogP) is 2.32. The maximum atomic E-state index is 12.2. The molecule has 2 atom stereocenters. The molecule has 24 heavy (non-hydrogen) atoms. The van der Waals surface area contributed by atoms with Gasteiger partial charge < -0.3 is 20.1 Å². The fraction of sp³-hybridized carbons (Fsp3) is 0.556. The van der Waals surface area contributed by atoms with E-state index in [0.29, 0.717) is 26.1 Å². The first-order valence-corrected chi connectivity index (χ1v) is 8.48. The number of benzene rings is 1. The molecule has 2 N–H and O–H groups in total. The van der Waals surface area contributed by atoms with Crippen LogP contribution in [0.3, 0.4) is 0 Å². The van der Waals surface area contributed by atoms with Crippen LogP contribution in [0.1, 0.15) is 31.7 Å². The van der Waals surface area contributed by atoms with Crippen molar-refractivity contribution >= 4 is 12.1 Å². The largest absolute Gasteiger partial charge is 0.465 e. The Balaban J connectivity index is 1.79. The first kappa shape index (κ1) is 18.3. The Labute approximate surface area is 142 Å². The molecule has 0 radical (unpaired) electrons. The Morgan fingerprint density at radius 3 is 2.75 bits per heavy atom. The van der Waals surface area contributed by atoms with Crippen LogP contribution in [0.25, 0.3) is 0 Å². The minimum atomic E-state index is -0.629. The number of nitrogens with two attached hydrogens (primary N) is 1. The molecule has 1 saturated heterocycles. The van der Waals surface area contributed by atoms with Crippen LogP contribution >= 0.6 is 0 Å². The van der Waals surface area contributed by atoms with Gasteiger partial charge in [0.2, 0.25) is 0 Å². The summed E-state index contributed by atoms with van der Waals surface area (Å²) in [7, 11) is 0. The zero-order chi connectivity index (χ0) is 17.4. The van der Waals surface area contributed by atoms with Crippen LogP contribution < -0.4 is 5.73 Å². The third-order valence-corrected chi connectivity index (χ3v) is 4.16.